The largest absolute Gasteiger partial charge is 0.507 e. The third kappa shape index (κ3) is 3.60. The molecule has 1 atom stereocenters. The van der Waals surface area contributed by atoms with Crippen molar-refractivity contribution in [3.8, 4) is 5.75 Å². The van der Waals surface area contributed by atoms with E-state index in [1.165, 1.54) is 6.21 Å². The van der Waals surface area contributed by atoms with E-state index in [2.05, 4.69) is 28.0 Å². The molecule has 1 heterocycles. The van der Waals surface area contributed by atoms with E-state index in [0.717, 1.165) is 10.8 Å². The Balaban J connectivity index is 1.62. The molecule has 7 nitrogen and oxygen atoms in total. The Labute approximate surface area is 144 Å². The van der Waals surface area contributed by atoms with Crippen molar-refractivity contribution in [3.05, 3.63) is 54.2 Å². The first-order chi connectivity index (χ1) is 12.1. The molecule has 1 aliphatic rings. The lowest BCUT2D eigenvalue weighted by atomic mass is 10.0. The first-order valence-corrected chi connectivity index (χ1v) is 7.83. The summed E-state index contributed by atoms with van der Waals surface area (Å²) in [7, 11) is 0. The van der Waals surface area contributed by atoms with Crippen LogP contribution in [0.25, 0.3) is 10.8 Å². The normalized spacial score (nSPS) is 16.9. The monoisotopic (exact) mass is 338 g/mol. The quantitative estimate of drug-likeness (QED) is 0.490. The number of nitrogens with zero attached hydrogens (tertiary/aromatic N) is 1. The molecule has 0 saturated carbocycles. The van der Waals surface area contributed by atoms with Crippen LogP contribution < -0.4 is 16.3 Å². The minimum absolute atomic E-state index is 0.0849. The number of phenols is 1. The Kier molecular flexibility index (Phi) is 4.65. The number of aromatic hydroxyl groups is 1. The molecule has 25 heavy (non-hydrogen) atoms. The molecule has 0 aromatic heterocycles. The first-order valence-electron chi connectivity index (χ1n) is 7.83. The summed E-state index contributed by atoms with van der Waals surface area (Å²) in [5.74, 6) is -0.844. The predicted molar refractivity (Wildman–Crippen MR) is 94.5 cm³/mol. The molecule has 0 spiro atoms. The van der Waals surface area contributed by atoms with E-state index in [-0.39, 0.29) is 24.0 Å². The molecule has 2 aromatic carbocycles. The van der Waals surface area contributed by atoms with Crippen molar-refractivity contribution in [2.75, 3.05) is 0 Å². The Hall–Kier alpha value is -3.35. The average molecular weight is 338 g/mol. The van der Waals surface area contributed by atoms with Crippen LogP contribution in [-0.2, 0) is 9.59 Å². The standard InChI is InChI=1S/C18H18N4O3/c1-11-13(18(25)22-20-11)7-9-17(24)21-19-10-15-14-5-3-2-4-12(14)6-8-16(15)23/h2-6,8,10,13,20,23H,1,7,9H2,(H,21,24)(H,22,25)/b19-10+. The zero-order valence-corrected chi connectivity index (χ0v) is 13.5. The number of hydrogen-bond donors (Lipinski definition) is 4. The van der Waals surface area contributed by atoms with Crippen molar-refractivity contribution in [2.45, 2.75) is 12.8 Å². The zero-order chi connectivity index (χ0) is 17.8. The molecular formula is C18H18N4O3. The van der Waals surface area contributed by atoms with E-state index < -0.39 is 5.92 Å². The third-order valence-corrected chi connectivity index (χ3v) is 4.07. The summed E-state index contributed by atoms with van der Waals surface area (Å²) in [6.07, 6.45) is 1.90. The van der Waals surface area contributed by atoms with Gasteiger partial charge in [0.2, 0.25) is 11.8 Å². The summed E-state index contributed by atoms with van der Waals surface area (Å²) < 4.78 is 0. The van der Waals surface area contributed by atoms with Crippen LogP contribution in [0.2, 0.25) is 0 Å². The van der Waals surface area contributed by atoms with Gasteiger partial charge in [0.15, 0.2) is 0 Å². The van der Waals surface area contributed by atoms with E-state index in [1.54, 1.807) is 6.07 Å². The van der Waals surface area contributed by atoms with Crippen molar-refractivity contribution >= 4 is 28.8 Å². The maximum atomic E-state index is 11.9. The van der Waals surface area contributed by atoms with Crippen molar-refractivity contribution in [3.63, 3.8) is 0 Å². The lowest BCUT2D eigenvalue weighted by molar-refractivity contribution is -0.123. The molecule has 3 rings (SSSR count). The second kappa shape index (κ2) is 7.04. The van der Waals surface area contributed by atoms with Crippen LogP contribution in [0.5, 0.6) is 5.75 Å². The van der Waals surface area contributed by atoms with Gasteiger partial charge in [-0.05, 0) is 23.3 Å². The lowest BCUT2D eigenvalue weighted by Gasteiger charge is -2.06. The fraction of sp³-hybridized carbons (Fsp3) is 0.167. The minimum Gasteiger partial charge on any atom is -0.507 e. The van der Waals surface area contributed by atoms with Gasteiger partial charge in [-0.1, -0.05) is 36.9 Å². The summed E-state index contributed by atoms with van der Waals surface area (Å²) in [4.78, 5) is 23.4. The number of amides is 2. The highest BCUT2D eigenvalue weighted by molar-refractivity contribution is 6.02. The van der Waals surface area contributed by atoms with Crippen molar-refractivity contribution < 1.29 is 14.7 Å². The van der Waals surface area contributed by atoms with Crippen LogP contribution in [0.15, 0.2) is 53.8 Å². The molecule has 4 N–H and O–H groups in total. The van der Waals surface area contributed by atoms with E-state index in [1.807, 2.05) is 30.3 Å². The first kappa shape index (κ1) is 16.5. The molecular weight excluding hydrogens is 320 g/mol. The number of hydrazine groups is 1. The van der Waals surface area contributed by atoms with Crippen LogP contribution >= 0.6 is 0 Å². The number of rotatable bonds is 5. The minimum atomic E-state index is -0.420. The SMILES string of the molecule is C=C1NNC(=O)C1CCC(=O)N/N=C/c1c(O)ccc2ccccc12. The number of phenolic OH excluding ortho intramolecular Hbond substituents is 1. The second-order valence-electron chi connectivity index (χ2n) is 5.74. The van der Waals surface area contributed by atoms with Gasteiger partial charge in [-0.2, -0.15) is 5.10 Å². The maximum absolute atomic E-state index is 11.9. The number of benzene rings is 2. The van der Waals surface area contributed by atoms with E-state index >= 15 is 0 Å². The van der Waals surface area contributed by atoms with Crippen LogP contribution in [-0.4, -0.2) is 23.1 Å². The van der Waals surface area contributed by atoms with Gasteiger partial charge in [0.05, 0.1) is 12.1 Å². The Morgan fingerprint density at radius 1 is 1.28 bits per heavy atom. The lowest BCUT2D eigenvalue weighted by Crippen LogP contribution is -2.26. The molecule has 1 aliphatic heterocycles. The summed E-state index contributed by atoms with van der Waals surface area (Å²) >= 11 is 0. The highest BCUT2D eigenvalue weighted by Gasteiger charge is 2.28. The smallest absolute Gasteiger partial charge is 0.247 e. The topological polar surface area (TPSA) is 103 Å². The number of hydrogen-bond acceptors (Lipinski definition) is 5. The highest BCUT2D eigenvalue weighted by atomic mass is 16.3. The highest BCUT2D eigenvalue weighted by Crippen LogP contribution is 2.25. The van der Waals surface area contributed by atoms with Gasteiger partial charge in [-0.25, -0.2) is 5.43 Å². The Morgan fingerprint density at radius 2 is 2.08 bits per heavy atom. The van der Waals surface area contributed by atoms with Gasteiger partial charge >= 0.3 is 0 Å². The van der Waals surface area contributed by atoms with E-state index in [0.29, 0.717) is 17.7 Å². The van der Waals surface area contributed by atoms with Gasteiger partial charge in [0.25, 0.3) is 0 Å². The van der Waals surface area contributed by atoms with Crippen molar-refractivity contribution in [1.29, 1.82) is 0 Å². The number of carbonyl (C=O) groups is 2. The fourth-order valence-electron chi connectivity index (χ4n) is 2.70. The summed E-state index contributed by atoms with van der Waals surface area (Å²) in [6, 6.07) is 11.0. The molecule has 0 bridgehead atoms. The van der Waals surface area contributed by atoms with Gasteiger partial charge in [-0.15, -0.1) is 0 Å². The Bertz CT molecular complexity index is 860. The molecule has 0 radical (unpaired) electrons. The van der Waals surface area contributed by atoms with Gasteiger partial charge < -0.3 is 10.5 Å². The van der Waals surface area contributed by atoms with Gasteiger partial charge in [0, 0.05) is 17.7 Å². The van der Waals surface area contributed by atoms with Crippen LogP contribution in [0.3, 0.4) is 0 Å². The predicted octanol–water partition coefficient (Wildman–Crippen LogP) is 1.54. The molecule has 7 heteroatoms. The second-order valence-corrected chi connectivity index (χ2v) is 5.74. The number of hydrazone groups is 1. The van der Waals surface area contributed by atoms with E-state index in [9.17, 15) is 14.7 Å². The maximum Gasteiger partial charge on any atom is 0.247 e. The zero-order valence-electron chi connectivity index (χ0n) is 13.5. The van der Waals surface area contributed by atoms with Crippen molar-refractivity contribution in [2.24, 2.45) is 11.0 Å². The number of carbonyl (C=O) groups excluding carboxylic acids is 2. The third-order valence-electron chi connectivity index (χ3n) is 4.07. The molecule has 1 fully saturated rings. The van der Waals surface area contributed by atoms with Crippen LogP contribution in [0, 0.1) is 5.92 Å². The molecule has 2 aromatic rings. The summed E-state index contributed by atoms with van der Waals surface area (Å²) in [5.41, 5.74) is 8.61. The van der Waals surface area contributed by atoms with Gasteiger partial charge in [-0.3, -0.25) is 15.0 Å². The fourth-order valence-corrected chi connectivity index (χ4v) is 2.70. The van der Waals surface area contributed by atoms with Crippen molar-refractivity contribution in [1.82, 2.24) is 16.3 Å². The summed E-state index contributed by atoms with van der Waals surface area (Å²) in [6.45, 7) is 3.72. The van der Waals surface area contributed by atoms with Gasteiger partial charge in [0.1, 0.15) is 5.75 Å². The molecule has 1 saturated heterocycles. The molecule has 1 unspecified atom stereocenters. The molecule has 128 valence electrons. The Morgan fingerprint density at radius 3 is 2.84 bits per heavy atom. The molecule has 2 amide bonds. The van der Waals surface area contributed by atoms with Crippen LogP contribution in [0.1, 0.15) is 18.4 Å². The summed E-state index contributed by atoms with van der Waals surface area (Å²) in [5, 5.41) is 15.7. The average Bonchev–Trinajstić information content (AvgIpc) is 2.93. The molecule has 0 aliphatic carbocycles. The number of nitrogens with one attached hydrogen (secondary N) is 3. The number of fused-ring (bicyclic) bond motifs is 1. The van der Waals surface area contributed by atoms with E-state index in [4.69, 9.17) is 0 Å². The van der Waals surface area contributed by atoms with Crippen LogP contribution in [0.4, 0.5) is 0 Å².